The Morgan fingerprint density at radius 3 is 2.11 bits per heavy atom. The third-order valence-corrected chi connectivity index (χ3v) is 2.82. The van der Waals surface area contributed by atoms with Gasteiger partial charge >= 0.3 is 0 Å². The number of benzene rings is 2. The van der Waals surface area contributed by atoms with Crippen LogP contribution in [0.1, 0.15) is 5.56 Å². The number of hydrogen-bond donors (Lipinski definition) is 1. The van der Waals surface area contributed by atoms with E-state index in [1.165, 1.54) is 0 Å². The molecule has 0 spiro atoms. The largest absolute Gasteiger partial charge is 0.399 e. The first-order valence-corrected chi connectivity index (χ1v) is 6.04. The summed E-state index contributed by atoms with van der Waals surface area (Å²) >= 11 is 11.8. The molecule has 0 aliphatic heterocycles. The number of nitrogens with two attached hydrogens (primary N) is 1. The normalized spacial score (nSPS) is 11.1. The molecule has 0 saturated heterocycles. The molecule has 3 nitrogen and oxygen atoms in total. The number of anilines is 1. The van der Waals surface area contributed by atoms with E-state index in [1.807, 2.05) is 13.0 Å². The summed E-state index contributed by atoms with van der Waals surface area (Å²) in [6.45, 7) is 1.92. The second-order valence-electron chi connectivity index (χ2n) is 3.87. The van der Waals surface area contributed by atoms with Crippen molar-refractivity contribution < 1.29 is 0 Å². The van der Waals surface area contributed by atoms with Crippen LogP contribution in [-0.4, -0.2) is 0 Å². The van der Waals surface area contributed by atoms with Gasteiger partial charge in [0.2, 0.25) is 0 Å². The topological polar surface area (TPSA) is 50.7 Å². The first-order valence-electron chi connectivity index (χ1n) is 5.28. The lowest BCUT2D eigenvalue weighted by atomic mass is 10.2. The van der Waals surface area contributed by atoms with Crippen LogP contribution in [0.5, 0.6) is 0 Å². The maximum atomic E-state index is 5.88. The number of azo groups is 1. The Morgan fingerprint density at radius 2 is 1.50 bits per heavy atom. The molecule has 2 rings (SSSR count). The highest BCUT2D eigenvalue weighted by molar-refractivity contribution is 6.35. The fraction of sp³-hybridized carbons (Fsp3) is 0.0769. The monoisotopic (exact) mass is 279 g/mol. The van der Waals surface area contributed by atoms with E-state index in [4.69, 9.17) is 28.9 Å². The van der Waals surface area contributed by atoms with Crippen LogP contribution in [0.2, 0.25) is 10.0 Å². The summed E-state index contributed by atoms with van der Waals surface area (Å²) in [7, 11) is 0. The van der Waals surface area contributed by atoms with Crippen LogP contribution < -0.4 is 5.73 Å². The van der Waals surface area contributed by atoms with Crippen LogP contribution in [0.4, 0.5) is 17.1 Å². The van der Waals surface area contributed by atoms with E-state index in [2.05, 4.69) is 10.2 Å². The molecule has 0 unspecified atom stereocenters. The molecule has 5 heteroatoms. The van der Waals surface area contributed by atoms with Gasteiger partial charge in [0.25, 0.3) is 0 Å². The molecule has 0 fully saturated rings. The van der Waals surface area contributed by atoms with Gasteiger partial charge < -0.3 is 5.73 Å². The van der Waals surface area contributed by atoms with Crippen molar-refractivity contribution in [1.82, 2.24) is 0 Å². The molecule has 92 valence electrons. The zero-order valence-corrected chi connectivity index (χ0v) is 11.2. The fourth-order valence-corrected chi connectivity index (χ4v) is 1.95. The quantitative estimate of drug-likeness (QED) is 0.589. The highest BCUT2D eigenvalue weighted by atomic mass is 35.5. The van der Waals surface area contributed by atoms with Crippen LogP contribution in [-0.2, 0) is 0 Å². The molecular formula is C13H11Cl2N3. The van der Waals surface area contributed by atoms with Gasteiger partial charge in [-0.05, 0) is 48.9 Å². The Hall–Kier alpha value is -1.58. The predicted octanol–water partition coefficient (Wildman–Crippen LogP) is 5.30. The van der Waals surface area contributed by atoms with Crippen LogP contribution >= 0.6 is 23.2 Å². The molecule has 0 atom stereocenters. The molecular weight excluding hydrogens is 269 g/mol. The zero-order valence-electron chi connectivity index (χ0n) is 9.69. The Bertz CT molecular complexity index is 589. The van der Waals surface area contributed by atoms with E-state index in [1.54, 1.807) is 30.3 Å². The molecule has 18 heavy (non-hydrogen) atoms. The summed E-state index contributed by atoms with van der Waals surface area (Å²) in [5.41, 5.74) is 8.78. The molecule has 0 saturated carbocycles. The second kappa shape index (κ2) is 5.38. The SMILES string of the molecule is Cc1cc(/N=N/c2cc(Cl)cc(Cl)c2)ccc1N. The van der Waals surface area contributed by atoms with Crippen molar-refractivity contribution in [3.05, 3.63) is 52.0 Å². The Labute approximate surface area is 115 Å². The fourth-order valence-electron chi connectivity index (χ4n) is 1.43. The number of nitrogen functional groups attached to an aromatic ring is 1. The Morgan fingerprint density at radius 1 is 0.889 bits per heavy atom. The summed E-state index contributed by atoms with van der Waals surface area (Å²) in [5.74, 6) is 0. The average Bonchev–Trinajstić information content (AvgIpc) is 2.29. The number of nitrogens with zero attached hydrogens (tertiary/aromatic N) is 2. The standard InChI is InChI=1S/C13H11Cl2N3/c1-8-4-11(2-3-13(8)16)17-18-12-6-9(14)5-10(15)7-12/h2-7H,16H2,1H3/b18-17+. The van der Waals surface area contributed by atoms with Crippen molar-refractivity contribution in [3.8, 4) is 0 Å². The minimum Gasteiger partial charge on any atom is -0.399 e. The van der Waals surface area contributed by atoms with Gasteiger partial charge in [-0.25, -0.2) is 0 Å². The van der Waals surface area contributed by atoms with Crippen LogP contribution in [0, 0.1) is 6.92 Å². The van der Waals surface area contributed by atoms with Gasteiger partial charge in [-0.15, -0.1) is 0 Å². The minimum atomic E-state index is 0.532. The summed E-state index contributed by atoms with van der Waals surface area (Å²) < 4.78 is 0. The molecule has 0 bridgehead atoms. The van der Waals surface area contributed by atoms with E-state index in [0.29, 0.717) is 15.7 Å². The molecule has 0 radical (unpaired) electrons. The van der Waals surface area contributed by atoms with E-state index in [0.717, 1.165) is 16.9 Å². The van der Waals surface area contributed by atoms with Crippen molar-refractivity contribution in [2.45, 2.75) is 6.92 Å². The maximum Gasteiger partial charge on any atom is 0.0886 e. The van der Waals surface area contributed by atoms with E-state index in [-0.39, 0.29) is 0 Å². The second-order valence-corrected chi connectivity index (χ2v) is 4.74. The van der Waals surface area contributed by atoms with Gasteiger partial charge in [0.15, 0.2) is 0 Å². The molecule has 0 aliphatic rings. The lowest BCUT2D eigenvalue weighted by molar-refractivity contribution is 1.22. The van der Waals surface area contributed by atoms with Gasteiger partial charge in [-0.2, -0.15) is 10.2 Å². The van der Waals surface area contributed by atoms with Crippen molar-refractivity contribution in [1.29, 1.82) is 0 Å². The maximum absolute atomic E-state index is 5.88. The van der Waals surface area contributed by atoms with Crippen molar-refractivity contribution >= 4 is 40.3 Å². The lowest BCUT2D eigenvalue weighted by Gasteiger charge is -2.00. The Balaban J connectivity index is 2.27. The number of hydrogen-bond acceptors (Lipinski definition) is 3. The molecule has 2 aromatic rings. The van der Waals surface area contributed by atoms with Gasteiger partial charge in [-0.1, -0.05) is 23.2 Å². The van der Waals surface area contributed by atoms with Gasteiger partial charge in [0, 0.05) is 15.7 Å². The predicted molar refractivity (Wildman–Crippen MR) is 76.2 cm³/mol. The molecule has 0 aliphatic carbocycles. The smallest absolute Gasteiger partial charge is 0.0886 e. The van der Waals surface area contributed by atoms with Crippen LogP contribution in [0.15, 0.2) is 46.6 Å². The van der Waals surface area contributed by atoms with Gasteiger partial charge in [0.05, 0.1) is 11.4 Å². The summed E-state index contributed by atoms with van der Waals surface area (Å²) in [4.78, 5) is 0. The minimum absolute atomic E-state index is 0.532. The number of aryl methyl sites for hydroxylation is 1. The lowest BCUT2D eigenvalue weighted by Crippen LogP contribution is -1.86. The van der Waals surface area contributed by atoms with Crippen LogP contribution in [0.3, 0.4) is 0 Å². The van der Waals surface area contributed by atoms with E-state index >= 15 is 0 Å². The van der Waals surface area contributed by atoms with E-state index < -0.39 is 0 Å². The molecule has 0 amide bonds. The molecule has 2 aromatic carbocycles. The number of halogens is 2. The zero-order chi connectivity index (χ0) is 13.1. The summed E-state index contributed by atoms with van der Waals surface area (Å²) in [6, 6.07) is 10.5. The highest BCUT2D eigenvalue weighted by Gasteiger charge is 1.98. The van der Waals surface area contributed by atoms with Crippen LogP contribution in [0.25, 0.3) is 0 Å². The summed E-state index contributed by atoms with van der Waals surface area (Å²) in [6.07, 6.45) is 0. The molecule has 0 heterocycles. The third kappa shape index (κ3) is 3.22. The van der Waals surface area contributed by atoms with Crippen molar-refractivity contribution in [2.75, 3.05) is 5.73 Å². The third-order valence-electron chi connectivity index (χ3n) is 2.38. The van der Waals surface area contributed by atoms with E-state index in [9.17, 15) is 0 Å². The van der Waals surface area contributed by atoms with Crippen molar-refractivity contribution in [2.24, 2.45) is 10.2 Å². The first-order chi connectivity index (χ1) is 8.54. The van der Waals surface area contributed by atoms with Crippen molar-refractivity contribution in [3.63, 3.8) is 0 Å². The molecule has 2 N–H and O–H groups in total. The van der Waals surface area contributed by atoms with Gasteiger partial charge in [-0.3, -0.25) is 0 Å². The summed E-state index contributed by atoms with van der Waals surface area (Å²) in [5, 5.41) is 9.26. The Kier molecular flexibility index (Phi) is 3.84. The molecule has 0 aromatic heterocycles. The van der Waals surface area contributed by atoms with Gasteiger partial charge in [0.1, 0.15) is 0 Å². The average molecular weight is 280 g/mol. The first kappa shape index (κ1) is 12.9. The number of rotatable bonds is 2. The highest BCUT2D eigenvalue weighted by Crippen LogP contribution is 2.27.